The van der Waals surface area contributed by atoms with E-state index in [1.165, 1.54) is 77.0 Å². The minimum atomic E-state index is -4.62. The number of phosphoric ester groups is 1. The molecule has 0 aromatic heterocycles. The third kappa shape index (κ3) is 33.4. The van der Waals surface area contributed by atoms with Gasteiger partial charge in [-0.3, -0.25) is 18.6 Å². The van der Waals surface area contributed by atoms with Crippen LogP contribution in [0, 0.1) is 0 Å². The molecule has 49 heavy (non-hydrogen) atoms. The van der Waals surface area contributed by atoms with E-state index in [1.807, 2.05) is 0 Å². The second-order valence-corrected chi connectivity index (χ2v) is 14.4. The number of hydrogen-bond acceptors (Lipinski definition) is 9. The van der Waals surface area contributed by atoms with Gasteiger partial charge in [-0.1, -0.05) is 134 Å². The van der Waals surface area contributed by atoms with Crippen molar-refractivity contribution in [2.45, 2.75) is 180 Å². The molecule has 0 saturated carbocycles. The van der Waals surface area contributed by atoms with Crippen LogP contribution in [0.4, 0.5) is 0 Å². The molecule has 0 aromatic rings. The molecule has 3 unspecified atom stereocenters. The number of aliphatic hydroxyl groups excluding tert-OH is 2. The molecule has 0 aliphatic rings. The first-order chi connectivity index (χ1) is 23.8. The van der Waals surface area contributed by atoms with Gasteiger partial charge in [0.15, 0.2) is 0 Å². The lowest BCUT2D eigenvalue weighted by atomic mass is 10.1. The Hall–Kier alpha value is -1.55. The number of unbranched alkanes of at least 4 members (excludes halogenated alkanes) is 18. The molecule has 0 aliphatic carbocycles. The van der Waals surface area contributed by atoms with E-state index < -0.39 is 58.4 Å². The summed E-state index contributed by atoms with van der Waals surface area (Å²) in [5.41, 5.74) is 0. The first-order valence-electron chi connectivity index (χ1n) is 19.3. The zero-order valence-electron chi connectivity index (χ0n) is 30.9. The fourth-order valence-electron chi connectivity index (χ4n) is 5.14. The third-order valence-electron chi connectivity index (χ3n) is 8.17. The van der Waals surface area contributed by atoms with Crippen LogP contribution in [0.2, 0.25) is 0 Å². The summed E-state index contributed by atoms with van der Waals surface area (Å²) in [7, 11) is -4.62. The van der Waals surface area contributed by atoms with Gasteiger partial charge in [0.2, 0.25) is 0 Å². The Bertz CT molecular complexity index is 879. The molecule has 3 atom stereocenters. The summed E-state index contributed by atoms with van der Waals surface area (Å²) < 4.78 is 32.4. The summed E-state index contributed by atoms with van der Waals surface area (Å²) >= 11 is 0. The number of carbonyl (C=O) groups excluding carboxylic acids is 2. The van der Waals surface area contributed by atoms with Crippen LogP contribution in [-0.4, -0.2) is 65.7 Å². The molecule has 3 N–H and O–H groups in total. The van der Waals surface area contributed by atoms with Gasteiger partial charge in [0.1, 0.15) is 12.2 Å². The Balaban J connectivity index is 3.95. The van der Waals surface area contributed by atoms with E-state index in [4.69, 9.17) is 18.5 Å². The van der Waals surface area contributed by atoms with Crippen LogP contribution in [0.5, 0.6) is 0 Å². The van der Waals surface area contributed by atoms with Gasteiger partial charge in [0.25, 0.3) is 0 Å². The van der Waals surface area contributed by atoms with E-state index in [1.54, 1.807) is 0 Å². The summed E-state index contributed by atoms with van der Waals surface area (Å²) in [4.78, 5) is 34.3. The first-order valence-corrected chi connectivity index (χ1v) is 20.8. The number of ether oxygens (including phenoxy) is 2. The molecule has 0 radical (unpaired) electrons. The van der Waals surface area contributed by atoms with Crippen LogP contribution < -0.4 is 0 Å². The van der Waals surface area contributed by atoms with Crippen LogP contribution in [0.3, 0.4) is 0 Å². The average Bonchev–Trinajstić information content (AvgIpc) is 3.09. The van der Waals surface area contributed by atoms with Crippen molar-refractivity contribution in [3.8, 4) is 0 Å². The van der Waals surface area contributed by atoms with E-state index >= 15 is 0 Å². The molecule has 0 rings (SSSR count). The van der Waals surface area contributed by atoms with Crippen LogP contribution in [0.1, 0.15) is 168 Å². The third-order valence-corrected chi connectivity index (χ3v) is 9.12. The van der Waals surface area contributed by atoms with Gasteiger partial charge in [0.05, 0.1) is 26.4 Å². The van der Waals surface area contributed by atoms with Crippen LogP contribution >= 0.6 is 7.82 Å². The van der Waals surface area contributed by atoms with Crippen LogP contribution in [0.15, 0.2) is 24.3 Å². The number of carbonyl (C=O) groups is 2. The lowest BCUT2D eigenvalue weighted by Crippen LogP contribution is -2.28. The average molecular weight is 719 g/mol. The zero-order chi connectivity index (χ0) is 36.3. The maximum absolute atomic E-state index is 12.3. The summed E-state index contributed by atoms with van der Waals surface area (Å²) in [6, 6.07) is 0. The SMILES string of the molecule is CCCCCC/C=C\C/C=C\CCCCCCCCCC(=O)OC(CO)COP(=O)(O)OCC(CO)OC(=O)CCCCCCCCCC. The van der Waals surface area contributed by atoms with Gasteiger partial charge in [0, 0.05) is 12.8 Å². The molecule has 0 fully saturated rings. The molecule has 0 aromatic carbocycles. The highest BCUT2D eigenvalue weighted by atomic mass is 31.2. The van der Waals surface area contributed by atoms with Crippen molar-refractivity contribution in [1.29, 1.82) is 0 Å². The Kier molecular flexibility index (Phi) is 33.8. The van der Waals surface area contributed by atoms with E-state index in [9.17, 15) is 29.3 Å². The topological polar surface area (TPSA) is 149 Å². The Morgan fingerprint density at radius 1 is 0.551 bits per heavy atom. The molecule has 288 valence electrons. The van der Waals surface area contributed by atoms with Crippen molar-refractivity contribution in [3.05, 3.63) is 24.3 Å². The number of aliphatic hydroxyl groups is 2. The maximum Gasteiger partial charge on any atom is 0.472 e. The lowest BCUT2D eigenvalue weighted by Gasteiger charge is -2.20. The quantitative estimate of drug-likeness (QED) is 0.0248. The van der Waals surface area contributed by atoms with Crippen LogP contribution in [-0.2, 0) is 32.7 Å². The number of esters is 2. The Morgan fingerprint density at radius 3 is 1.29 bits per heavy atom. The molecule has 11 heteroatoms. The van der Waals surface area contributed by atoms with E-state index in [2.05, 4.69) is 38.2 Å². The van der Waals surface area contributed by atoms with Gasteiger partial charge in [-0.2, -0.15) is 0 Å². The summed E-state index contributed by atoms with van der Waals surface area (Å²) in [5.74, 6) is -1.03. The molecule has 0 aliphatic heterocycles. The molecule has 0 spiro atoms. The highest BCUT2D eigenvalue weighted by molar-refractivity contribution is 7.47. The predicted octanol–water partition coefficient (Wildman–Crippen LogP) is 9.44. The van der Waals surface area contributed by atoms with E-state index in [-0.39, 0.29) is 12.8 Å². The first kappa shape index (κ1) is 47.4. The second kappa shape index (κ2) is 34.9. The minimum Gasteiger partial charge on any atom is -0.457 e. The highest BCUT2D eigenvalue weighted by Gasteiger charge is 2.27. The number of phosphoric acid groups is 1. The highest BCUT2D eigenvalue weighted by Crippen LogP contribution is 2.43. The zero-order valence-corrected chi connectivity index (χ0v) is 31.8. The molecular weight excluding hydrogens is 647 g/mol. The monoisotopic (exact) mass is 718 g/mol. The molecule has 0 heterocycles. The van der Waals surface area contributed by atoms with Gasteiger partial charge in [-0.05, 0) is 44.9 Å². The summed E-state index contributed by atoms with van der Waals surface area (Å²) in [6.45, 7) is 2.13. The van der Waals surface area contributed by atoms with Gasteiger partial charge in [-0.25, -0.2) is 4.57 Å². The van der Waals surface area contributed by atoms with Gasteiger partial charge >= 0.3 is 19.8 Å². The Morgan fingerprint density at radius 2 is 0.898 bits per heavy atom. The molecule has 10 nitrogen and oxygen atoms in total. The largest absolute Gasteiger partial charge is 0.472 e. The lowest BCUT2D eigenvalue weighted by molar-refractivity contribution is -0.153. The van der Waals surface area contributed by atoms with E-state index in [0.29, 0.717) is 12.8 Å². The van der Waals surface area contributed by atoms with Crippen molar-refractivity contribution < 1.29 is 47.8 Å². The fraction of sp³-hybridized carbons (Fsp3) is 0.842. The summed E-state index contributed by atoms with van der Waals surface area (Å²) in [5, 5.41) is 19.0. The van der Waals surface area contributed by atoms with Crippen molar-refractivity contribution in [1.82, 2.24) is 0 Å². The van der Waals surface area contributed by atoms with Crippen molar-refractivity contribution >= 4 is 19.8 Å². The van der Waals surface area contributed by atoms with Crippen molar-refractivity contribution in [2.75, 3.05) is 26.4 Å². The number of hydrogen-bond donors (Lipinski definition) is 3. The van der Waals surface area contributed by atoms with E-state index in [0.717, 1.165) is 51.4 Å². The molecular formula is C38H71O10P. The predicted molar refractivity (Wildman–Crippen MR) is 196 cm³/mol. The normalized spacial score (nSPS) is 14.3. The standard InChI is InChI=1S/C38H71O10P/c1-3-5-7-9-11-13-14-15-16-17-18-19-20-21-22-24-26-28-30-38(42)48-36(32-40)34-46-49(43,44)45-33-35(31-39)47-37(41)29-27-25-23-12-10-8-6-4-2/h13-14,16-17,35-36,39-40H,3-12,15,18-34H2,1-2H3,(H,43,44)/b14-13-,17-16-. The smallest absolute Gasteiger partial charge is 0.457 e. The fourth-order valence-corrected chi connectivity index (χ4v) is 5.93. The van der Waals surface area contributed by atoms with Crippen molar-refractivity contribution in [3.63, 3.8) is 0 Å². The number of rotatable bonds is 36. The van der Waals surface area contributed by atoms with Gasteiger partial charge < -0.3 is 24.6 Å². The minimum absolute atomic E-state index is 0.185. The maximum atomic E-state index is 12.3. The van der Waals surface area contributed by atoms with Crippen molar-refractivity contribution in [2.24, 2.45) is 0 Å². The van der Waals surface area contributed by atoms with Gasteiger partial charge in [-0.15, -0.1) is 0 Å². The van der Waals surface area contributed by atoms with Crippen LogP contribution in [0.25, 0.3) is 0 Å². The molecule has 0 bridgehead atoms. The Labute approximate surface area is 298 Å². The number of allylic oxidation sites excluding steroid dienone is 4. The molecule has 0 saturated heterocycles. The molecule has 0 amide bonds. The second-order valence-electron chi connectivity index (χ2n) is 12.9. The summed E-state index contributed by atoms with van der Waals surface area (Å²) in [6.07, 6.45) is 31.7.